The lowest BCUT2D eigenvalue weighted by Crippen LogP contribution is -2.19. The molecule has 0 amide bonds. The van der Waals surface area contributed by atoms with Gasteiger partial charge in [0.1, 0.15) is 16.4 Å². The van der Waals surface area contributed by atoms with Crippen molar-refractivity contribution in [3.63, 3.8) is 0 Å². The van der Waals surface area contributed by atoms with Gasteiger partial charge in [-0.1, -0.05) is 12.1 Å². The van der Waals surface area contributed by atoms with Crippen LogP contribution in [0, 0.1) is 3.57 Å². The molecule has 0 aliphatic rings. The van der Waals surface area contributed by atoms with Crippen LogP contribution in [0.2, 0.25) is 0 Å². The van der Waals surface area contributed by atoms with Gasteiger partial charge in [-0.3, -0.25) is 0 Å². The summed E-state index contributed by atoms with van der Waals surface area (Å²) in [5.41, 5.74) is 6.01. The lowest BCUT2D eigenvalue weighted by Gasteiger charge is -2.12. The van der Waals surface area contributed by atoms with Crippen LogP contribution in [0.3, 0.4) is 0 Å². The molecular formula is C13H13IN2O3S. The second kappa shape index (κ2) is 5.98. The maximum Gasteiger partial charge on any atom is 0.244 e. The summed E-state index contributed by atoms with van der Waals surface area (Å²) in [7, 11) is -2.30. The van der Waals surface area contributed by atoms with Crippen LogP contribution in [0.1, 0.15) is 0 Å². The van der Waals surface area contributed by atoms with Crippen LogP contribution < -0.4 is 15.2 Å². The van der Waals surface area contributed by atoms with E-state index in [1.165, 1.54) is 13.1 Å². The molecule has 20 heavy (non-hydrogen) atoms. The molecule has 0 fully saturated rings. The van der Waals surface area contributed by atoms with E-state index in [1.54, 1.807) is 18.2 Å². The second-order valence-electron chi connectivity index (χ2n) is 3.95. The lowest BCUT2D eigenvalue weighted by atomic mass is 10.3. The van der Waals surface area contributed by atoms with Crippen molar-refractivity contribution in [3.05, 3.63) is 46.0 Å². The predicted octanol–water partition coefficient (Wildman–Crippen LogP) is 2.57. The van der Waals surface area contributed by atoms with Gasteiger partial charge < -0.3 is 10.5 Å². The number of para-hydroxylation sites is 1. The third-order valence-electron chi connectivity index (χ3n) is 2.58. The third kappa shape index (κ3) is 3.22. The summed E-state index contributed by atoms with van der Waals surface area (Å²) in [5, 5.41) is 0. The van der Waals surface area contributed by atoms with Crippen LogP contribution in [0.5, 0.6) is 11.5 Å². The number of sulfonamides is 1. The molecule has 0 unspecified atom stereocenters. The quantitative estimate of drug-likeness (QED) is 0.607. The minimum atomic E-state index is -3.64. The van der Waals surface area contributed by atoms with Crippen LogP contribution in [0.25, 0.3) is 0 Å². The highest BCUT2D eigenvalue weighted by atomic mass is 127. The normalized spacial score (nSPS) is 11.3. The number of halogens is 1. The first-order valence-corrected chi connectivity index (χ1v) is 8.25. The maximum atomic E-state index is 12.0. The van der Waals surface area contributed by atoms with Crippen LogP contribution >= 0.6 is 22.6 Å². The molecule has 0 radical (unpaired) electrons. The molecule has 0 aliphatic carbocycles. The van der Waals surface area contributed by atoms with Crippen molar-refractivity contribution < 1.29 is 13.2 Å². The van der Waals surface area contributed by atoms with Gasteiger partial charge in [0.15, 0.2) is 0 Å². The Hall–Kier alpha value is -1.32. The Morgan fingerprint density at radius 2 is 1.85 bits per heavy atom. The van der Waals surface area contributed by atoms with E-state index in [9.17, 15) is 8.42 Å². The molecule has 0 saturated heterocycles. The summed E-state index contributed by atoms with van der Waals surface area (Å²) in [6.07, 6.45) is 0. The Kier molecular flexibility index (Phi) is 4.51. The monoisotopic (exact) mass is 404 g/mol. The third-order valence-corrected chi connectivity index (χ3v) is 4.91. The number of anilines is 1. The van der Waals surface area contributed by atoms with Crippen LogP contribution in [-0.2, 0) is 10.0 Å². The van der Waals surface area contributed by atoms with Crippen molar-refractivity contribution in [2.45, 2.75) is 4.90 Å². The molecule has 5 nitrogen and oxygen atoms in total. The molecule has 7 heteroatoms. The van der Waals surface area contributed by atoms with Gasteiger partial charge in [0.05, 0.1) is 3.57 Å². The van der Waals surface area contributed by atoms with E-state index in [0.717, 1.165) is 3.57 Å². The van der Waals surface area contributed by atoms with E-state index in [0.29, 0.717) is 11.4 Å². The number of hydrogen-bond acceptors (Lipinski definition) is 4. The van der Waals surface area contributed by atoms with E-state index in [2.05, 4.69) is 27.3 Å². The SMILES string of the molecule is CNS(=O)(=O)c1cc(N)ccc1Oc1ccccc1I. The van der Waals surface area contributed by atoms with Crippen molar-refractivity contribution in [1.82, 2.24) is 4.72 Å². The number of ether oxygens (including phenoxy) is 1. The van der Waals surface area contributed by atoms with E-state index < -0.39 is 10.0 Å². The first-order chi connectivity index (χ1) is 9.44. The summed E-state index contributed by atoms with van der Waals surface area (Å²) in [5.74, 6) is 0.822. The molecule has 0 saturated carbocycles. The lowest BCUT2D eigenvalue weighted by molar-refractivity contribution is 0.464. The van der Waals surface area contributed by atoms with Gasteiger partial charge in [-0.25, -0.2) is 13.1 Å². The summed E-state index contributed by atoms with van der Waals surface area (Å²) in [6, 6.07) is 11.9. The molecule has 2 aromatic rings. The van der Waals surface area contributed by atoms with Crippen molar-refractivity contribution in [2.24, 2.45) is 0 Å². The van der Waals surface area contributed by atoms with Gasteiger partial charge in [-0.15, -0.1) is 0 Å². The summed E-state index contributed by atoms with van der Waals surface area (Å²) in [6.45, 7) is 0. The first kappa shape index (κ1) is 15.1. The van der Waals surface area contributed by atoms with Crippen LogP contribution in [0.4, 0.5) is 5.69 Å². The van der Waals surface area contributed by atoms with Gasteiger partial charge in [0.25, 0.3) is 0 Å². The molecule has 0 bridgehead atoms. The first-order valence-electron chi connectivity index (χ1n) is 5.69. The van der Waals surface area contributed by atoms with E-state index >= 15 is 0 Å². The van der Waals surface area contributed by atoms with Crippen LogP contribution in [0.15, 0.2) is 47.4 Å². The summed E-state index contributed by atoms with van der Waals surface area (Å²) >= 11 is 2.12. The standard InChI is InChI=1S/C13H13IN2O3S/c1-16-20(17,18)13-8-9(15)6-7-12(13)19-11-5-3-2-4-10(11)14/h2-8,16H,15H2,1H3. The van der Waals surface area contributed by atoms with Gasteiger partial charge in [0, 0.05) is 5.69 Å². The Bertz CT molecular complexity index is 732. The Labute approximate surface area is 131 Å². The van der Waals surface area contributed by atoms with Crippen molar-refractivity contribution in [3.8, 4) is 11.5 Å². The topological polar surface area (TPSA) is 81.4 Å². The van der Waals surface area contributed by atoms with E-state index in [-0.39, 0.29) is 10.6 Å². The zero-order valence-corrected chi connectivity index (χ0v) is 13.6. The predicted molar refractivity (Wildman–Crippen MR) is 86.3 cm³/mol. The molecule has 0 spiro atoms. The highest BCUT2D eigenvalue weighted by Gasteiger charge is 2.19. The Morgan fingerprint density at radius 1 is 1.15 bits per heavy atom. The molecule has 3 N–H and O–H groups in total. The van der Waals surface area contributed by atoms with Gasteiger partial charge in [0.2, 0.25) is 10.0 Å². The summed E-state index contributed by atoms with van der Waals surface area (Å²) in [4.78, 5) is 0.0136. The molecule has 2 rings (SSSR count). The van der Waals surface area contributed by atoms with E-state index in [1.807, 2.05) is 18.2 Å². The Morgan fingerprint density at radius 3 is 2.50 bits per heavy atom. The number of nitrogens with two attached hydrogens (primary N) is 1. The molecular weight excluding hydrogens is 391 g/mol. The highest BCUT2D eigenvalue weighted by Crippen LogP contribution is 2.32. The zero-order chi connectivity index (χ0) is 14.8. The summed E-state index contributed by atoms with van der Waals surface area (Å²) < 4.78 is 32.8. The molecule has 0 aliphatic heterocycles. The average molecular weight is 404 g/mol. The molecule has 2 aromatic carbocycles. The molecule has 0 aromatic heterocycles. The second-order valence-corrected chi connectivity index (χ2v) is 6.96. The molecule has 0 atom stereocenters. The van der Waals surface area contributed by atoms with Crippen LogP contribution in [-0.4, -0.2) is 15.5 Å². The van der Waals surface area contributed by atoms with Crippen molar-refractivity contribution in [1.29, 1.82) is 0 Å². The van der Waals surface area contributed by atoms with Gasteiger partial charge in [-0.2, -0.15) is 0 Å². The number of rotatable bonds is 4. The molecule has 0 heterocycles. The number of hydrogen-bond donors (Lipinski definition) is 2. The van der Waals surface area contributed by atoms with Crippen molar-refractivity contribution >= 4 is 38.3 Å². The fourth-order valence-corrected chi connectivity index (χ4v) is 2.96. The van der Waals surface area contributed by atoms with Gasteiger partial charge in [-0.05, 0) is 60.0 Å². The highest BCUT2D eigenvalue weighted by molar-refractivity contribution is 14.1. The fourth-order valence-electron chi connectivity index (χ4n) is 1.57. The fraction of sp³-hybridized carbons (Fsp3) is 0.0769. The minimum Gasteiger partial charge on any atom is -0.455 e. The largest absolute Gasteiger partial charge is 0.455 e. The smallest absolute Gasteiger partial charge is 0.244 e. The van der Waals surface area contributed by atoms with Gasteiger partial charge >= 0.3 is 0 Å². The number of benzene rings is 2. The number of nitrogens with one attached hydrogen (secondary N) is 1. The zero-order valence-electron chi connectivity index (χ0n) is 10.6. The average Bonchev–Trinajstić information content (AvgIpc) is 2.43. The molecule has 106 valence electrons. The number of nitrogen functional groups attached to an aromatic ring is 1. The Balaban J connectivity index is 2.50. The van der Waals surface area contributed by atoms with Crippen molar-refractivity contribution in [2.75, 3.05) is 12.8 Å². The minimum absolute atomic E-state index is 0.0136. The maximum absolute atomic E-state index is 12.0. The van der Waals surface area contributed by atoms with E-state index in [4.69, 9.17) is 10.5 Å².